The Morgan fingerprint density at radius 2 is 2.21 bits per heavy atom. The Morgan fingerprint density at radius 1 is 1.42 bits per heavy atom. The van der Waals surface area contributed by atoms with E-state index in [0.29, 0.717) is 23.9 Å². The topological polar surface area (TPSA) is 89.4 Å². The smallest absolute Gasteiger partial charge is 0.205 e. The average molecular weight is 263 g/mol. The molecule has 0 amide bonds. The lowest BCUT2D eigenvalue weighted by Crippen LogP contribution is -2.20. The van der Waals surface area contributed by atoms with Crippen molar-refractivity contribution in [3.63, 3.8) is 0 Å². The molecule has 2 rings (SSSR count). The van der Waals surface area contributed by atoms with Crippen molar-refractivity contribution in [2.75, 3.05) is 24.5 Å². The van der Waals surface area contributed by atoms with Crippen molar-refractivity contribution in [1.82, 2.24) is 9.97 Å². The molecule has 7 nitrogen and oxygen atoms in total. The van der Waals surface area contributed by atoms with E-state index in [0.717, 1.165) is 11.5 Å². The summed E-state index contributed by atoms with van der Waals surface area (Å²) in [6, 6.07) is 3.86. The van der Waals surface area contributed by atoms with Gasteiger partial charge < -0.3 is 19.5 Å². The second kappa shape index (κ2) is 5.57. The van der Waals surface area contributed by atoms with E-state index in [-0.39, 0.29) is 0 Å². The first-order chi connectivity index (χ1) is 9.15. The first-order valence-corrected chi connectivity index (χ1v) is 5.77. The number of furan rings is 1. The number of hydrogen-bond donors (Lipinski definition) is 2. The Balaban J connectivity index is 2.25. The number of methoxy groups -OCH3 is 1. The molecule has 0 unspecified atom stereocenters. The molecule has 0 fully saturated rings. The number of ether oxygens (including phenoxy) is 1. The highest BCUT2D eigenvalue weighted by Gasteiger charge is 2.16. The molecule has 0 saturated carbocycles. The largest absolute Gasteiger partial charge is 0.490 e. The zero-order chi connectivity index (χ0) is 13.8. The number of aryl methyl sites for hydroxylation is 1. The minimum atomic E-state index is 0.440. The Kier molecular flexibility index (Phi) is 3.86. The molecule has 0 radical (unpaired) electrons. The quantitative estimate of drug-likeness (QED) is 0.621. The van der Waals surface area contributed by atoms with Gasteiger partial charge in [0.05, 0.1) is 13.7 Å². The second-order valence-corrected chi connectivity index (χ2v) is 4.09. The SMILES string of the molecule is COc1c(NN)ncnc1N(C)Cc1ccc(C)o1. The van der Waals surface area contributed by atoms with Crippen molar-refractivity contribution in [3.8, 4) is 5.75 Å². The van der Waals surface area contributed by atoms with Gasteiger partial charge in [0.15, 0.2) is 11.6 Å². The molecule has 0 atom stereocenters. The second-order valence-electron chi connectivity index (χ2n) is 4.09. The third-order valence-corrected chi connectivity index (χ3v) is 2.68. The Morgan fingerprint density at radius 3 is 2.79 bits per heavy atom. The van der Waals surface area contributed by atoms with E-state index >= 15 is 0 Å². The maximum absolute atomic E-state index is 5.54. The molecule has 0 aliphatic heterocycles. The average Bonchev–Trinajstić information content (AvgIpc) is 2.82. The monoisotopic (exact) mass is 263 g/mol. The summed E-state index contributed by atoms with van der Waals surface area (Å²) in [5.74, 6) is 8.70. The maximum Gasteiger partial charge on any atom is 0.205 e. The Labute approximate surface area is 111 Å². The van der Waals surface area contributed by atoms with Crippen LogP contribution in [-0.2, 0) is 6.54 Å². The fourth-order valence-corrected chi connectivity index (χ4v) is 1.81. The van der Waals surface area contributed by atoms with Gasteiger partial charge in [-0.15, -0.1) is 0 Å². The minimum Gasteiger partial charge on any atom is -0.490 e. The van der Waals surface area contributed by atoms with Crippen LogP contribution in [0, 0.1) is 6.92 Å². The van der Waals surface area contributed by atoms with Crippen LogP contribution in [0.1, 0.15) is 11.5 Å². The van der Waals surface area contributed by atoms with Crippen molar-refractivity contribution in [3.05, 3.63) is 30.0 Å². The molecule has 2 aromatic rings. The highest BCUT2D eigenvalue weighted by molar-refractivity contribution is 5.63. The van der Waals surface area contributed by atoms with Crippen molar-refractivity contribution in [1.29, 1.82) is 0 Å². The van der Waals surface area contributed by atoms with E-state index in [1.54, 1.807) is 7.11 Å². The molecule has 0 bridgehead atoms. The summed E-state index contributed by atoms with van der Waals surface area (Å²) in [4.78, 5) is 10.1. The van der Waals surface area contributed by atoms with Gasteiger partial charge in [0.2, 0.25) is 5.75 Å². The number of nitrogens with one attached hydrogen (secondary N) is 1. The van der Waals surface area contributed by atoms with Crippen molar-refractivity contribution >= 4 is 11.6 Å². The van der Waals surface area contributed by atoms with E-state index in [1.807, 2.05) is 31.0 Å². The van der Waals surface area contributed by atoms with Crippen LogP contribution >= 0.6 is 0 Å². The van der Waals surface area contributed by atoms with E-state index in [4.69, 9.17) is 15.0 Å². The number of nitrogens with zero attached hydrogens (tertiary/aromatic N) is 3. The van der Waals surface area contributed by atoms with Gasteiger partial charge in [-0.2, -0.15) is 0 Å². The summed E-state index contributed by atoms with van der Waals surface area (Å²) in [6.07, 6.45) is 1.43. The first kappa shape index (κ1) is 13.2. The number of nitrogens with two attached hydrogens (primary N) is 1. The van der Waals surface area contributed by atoms with E-state index < -0.39 is 0 Å². The van der Waals surface area contributed by atoms with Crippen LogP contribution in [0.2, 0.25) is 0 Å². The van der Waals surface area contributed by atoms with Crippen LogP contribution in [0.5, 0.6) is 5.75 Å². The molecule has 102 valence electrons. The van der Waals surface area contributed by atoms with Gasteiger partial charge in [0, 0.05) is 7.05 Å². The van der Waals surface area contributed by atoms with Gasteiger partial charge >= 0.3 is 0 Å². The molecule has 0 aromatic carbocycles. The number of hydrazine groups is 1. The summed E-state index contributed by atoms with van der Waals surface area (Å²) in [5.41, 5.74) is 2.48. The lowest BCUT2D eigenvalue weighted by Gasteiger charge is -2.20. The number of aromatic nitrogens is 2. The number of rotatable bonds is 5. The van der Waals surface area contributed by atoms with Gasteiger partial charge in [-0.3, -0.25) is 0 Å². The molecule has 0 aliphatic carbocycles. The highest BCUT2D eigenvalue weighted by Crippen LogP contribution is 2.31. The van der Waals surface area contributed by atoms with Crippen LogP contribution in [0.3, 0.4) is 0 Å². The van der Waals surface area contributed by atoms with Gasteiger partial charge in [-0.25, -0.2) is 15.8 Å². The Bertz CT molecular complexity index is 555. The lowest BCUT2D eigenvalue weighted by molar-refractivity contribution is 0.411. The minimum absolute atomic E-state index is 0.440. The van der Waals surface area contributed by atoms with Crippen molar-refractivity contribution in [2.24, 2.45) is 5.84 Å². The normalized spacial score (nSPS) is 10.3. The summed E-state index contributed by atoms with van der Waals surface area (Å²) in [6.45, 7) is 2.48. The number of nitrogen functional groups attached to an aromatic ring is 1. The maximum atomic E-state index is 5.54. The standard InChI is InChI=1S/C12H17N5O2/c1-8-4-5-9(19-8)6-17(2)12-10(18-3)11(16-13)14-7-15-12/h4-5,7H,6,13H2,1-3H3,(H,14,15,16). The molecule has 3 N–H and O–H groups in total. The van der Waals surface area contributed by atoms with Crippen molar-refractivity contribution in [2.45, 2.75) is 13.5 Å². The fourth-order valence-electron chi connectivity index (χ4n) is 1.81. The molecule has 0 aliphatic rings. The molecule has 2 heterocycles. The predicted octanol–water partition coefficient (Wildman–Crippen LogP) is 1.31. The molecular weight excluding hydrogens is 246 g/mol. The van der Waals surface area contributed by atoms with Crippen LogP contribution < -0.4 is 20.9 Å². The van der Waals surface area contributed by atoms with Crippen LogP contribution in [0.4, 0.5) is 11.6 Å². The summed E-state index contributed by atoms with van der Waals surface area (Å²) in [5, 5.41) is 0. The van der Waals surface area contributed by atoms with Crippen molar-refractivity contribution < 1.29 is 9.15 Å². The van der Waals surface area contributed by atoms with E-state index in [1.165, 1.54) is 6.33 Å². The van der Waals surface area contributed by atoms with Gasteiger partial charge in [-0.1, -0.05) is 0 Å². The highest BCUT2D eigenvalue weighted by atomic mass is 16.5. The molecule has 19 heavy (non-hydrogen) atoms. The molecule has 2 aromatic heterocycles. The van der Waals surface area contributed by atoms with E-state index in [9.17, 15) is 0 Å². The first-order valence-electron chi connectivity index (χ1n) is 5.77. The van der Waals surface area contributed by atoms with Gasteiger partial charge in [0.25, 0.3) is 0 Å². The Hall–Kier alpha value is -2.28. The molecule has 0 saturated heterocycles. The molecule has 0 spiro atoms. The van der Waals surface area contributed by atoms with Gasteiger partial charge in [-0.05, 0) is 19.1 Å². The number of hydrogen-bond acceptors (Lipinski definition) is 7. The zero-order valence-electron chi connectivity index (χ0n) is 11.2. The third-order valence-electron chi connectivity index (χ3n) is 2.68. The van der Waals surface area contributed by atoms with Crippen LogP contribution in [-0.4, -0.2) is 24.1 Å². The van der Waals surface area contributed by atoms with Gasteiger partial charge in [0.1, 0.15) is 17.8 Å². The van der Waals surface area contributed by atoms with Crippen LogP contribution in [0.15, 0.2) is 22.9 Å². The third kappa shape index (κ3) is 2.76. The van der Waals surface area contributed by atoms with Crippen LogP contribution in [0.25, 0.3) is 0 Å². The fraction of sp³-hybridized carbons (Fsp3) is 0.333. The summed E-state index contributed by atoms with van der Waals surface area (Å²) >= 11 is 0. The lowest BCUT2D eigenvalue weighted by atomic mass is 10.3. The number of anilines is 2. The summed E-state index contributed by atoms with van der Waals surface area (Å²) < 4.78 is 10.8. The molecular formula is C12H17N5O2. The van der Waals surface area contributed by atoms with E-state index in [2.05, 4.69) is 15.4 Å². The molecule has 7 heteroatoms. The predicted molar refractivity (Wildman–Crippen MR) is 71.9 cm³/mol. The zero-order valence-corrected chi connectivity index (χ0v) is 11.2. The summed E-state index contributed by atoms with van der Waals surface area (Å²) in [7, 11) is 3.44.